The average molecular weight is 393 g/mol. The van der Waals surface area contributed by atoms with Crippen LogP contribution in [0.3, 0.4) is 0 Å². The Morgan fingerprint density at radius 3 is 1.93 bits per heavy atom. The summed E-state index contributed by atoms with van der Waals surface area (Å²) in [5.74, 6) is 1.36. The zero-order valence-corrected chi connectivity index (χ0v) is 16.5. The molecule has 0 unspecified atom stereocenters. The molecule has 0 fully saturated rings. The summed E-state index contributed by atoms with van der Waals surface area (Å²) in [7, 11) is 0. The minimum atomic E-state index is -0.498. The molecule has 1 heterocycles. The molecule has 0 spiro atoms. The van der Waals surface area contributed by atoms with E-state index in [0.29, 0.717) is 23.9 Å². The van der Waals surface area contributed by atoms with Crippen LogP contribution in [-0.2, 0) is 0 Å². The Morgan fingerprint density at radius 1 is 0.966 bits per heavy atom. The van der Waals surface area contributed by atoms with Crippen molar-refractivity contribution in [2.75, 3.05) is 17.2 Å². The summed E-state index contributed by atoms with van der Waals surface area (Å²) in [5.41, 5.74) is 2.32. The van der Waals surface area contributed by atoms with Crippen LogP contribution < -0.4 is 15.4 Å². The fourth-order valence-electron chi connectivity index (χ4n) is 2.76. The smallest absolute Gasteiger partial charge is 0.353 e. The van der Waals surface area contributed by atoms with Gasteiger partial charge in [-0.1, -0.05) is 26.0 Å². The number of nitrogens with one attached hydrogen (secondary N) is 2. The molecule has 8 nitrogen and oxygen atoms in total. The highest BCUT2D eigenvalue weighted by Crippen LogP contribution is 2.33. The number of benzene rings is 2. The molecule has 2 aromatic carbocycles. The molecule has 8 heteroatoms. The van der Waals surface area contributed by atoms with Crippen molar-refractivity contribution in [1.82, 2.24) is 9.97 Å². The van der Waals surface area contributed by atoms with Crippen molar-refractivity contribution in [1.29, 1.82) is 0 Å². The highest BCUT2D eigenvalue weighted by molar-refractivity contribution is 5.76. The van der Waals surface area contributed by atoms with Crippen LogP contribution in [-0.4, -0.2) is 21.5 Å². The van der Waals surface area contributed by atoms with Gasteiger partial charge in [0.25, 0.3) is 0 Å². The van der Waals surface area contributed by atoms with Gasteiger partial charge in [0.05, 0.1) is 11.5 Å². The fourth-order valence-corrected chi connectivity index (χ4v) is 2.76. The average Bonchev–Trinajstić information content (AvgIpc) is 2.70. The second-order valence-electron chi connectivity index (χ2n) is 6.66. The van der Waals surface area contributed by atoms with Crippen LogP contribution in [0.2, 0.25) is 0 Å². The quantitative estimate of drug-likeness (QED) is 0.390. The van der Waals surface area contributed by atoms with E-state index >= 15 is 0 Å². The van der Waals surface area contributed by atoms with Gasteiger partial charge in [-0.25, -0.2) is 9.97 Å². The first-order valence-electron chi connectivity index (χ1n) is 9.34. The van der Waals surface area contributed by atoms with Crippen molar-refractivity contribution in [3.8, 4) is 5.75 Å². The number of anilines is 4. The molecule has 0 bridgehead atoms. The molecular formula is C21H23N5O3. The molecule has 3 aromatic rings. The van der Waals surface area contributed by atoms with Gasteiger partial charge in [-0.2, -0.15) is 0 Å². The van der Waals surface area contributed by atoms with Crippen LogP contribution in [0, 0.1) is 10.1 Å². The first-order chi connectivity index (χ1) is 14.0. The van der Waals surface area contributed by atoms with E-state index in [-0.39, 0.29) is 17.3 Å². The Labute approximate surface area is 169 Å². The minimum Gasteiger partial charge on any atom is -0.494 e. The molecule has 1 aromatic heterocycles. The molecule has 0 saturated heterocycles. The van der Waals surface area contributed by atoms with Crippen LogP contribution in [0.15, 0.2) is 54.9 Å². The topological polar surface area (TPSA) is 102 Å². The first-order valence-corrected chi connectivity index (χ1v) is 9.34. The third-order valence-electron chi connectivity index (χ3n) is 4.27. The molecule has 0 aliphatic carbocycles. The van der Waals surface area contributed by atoms with Crippen LogP contribution in [0.25, 0.3) is 0 Å². The van der Waals surface area contributed by atoms with Crippen LogP contribution in [0.5, 0.6) is 5.75 Å². The van der Waals surface area contributed by atoms with E-state index in [1.165, 1.54) is 11.9 Å². The van der Waals surface area contributed by atoms with Crippen LogP contribution in [0.4, 0.5) is 28.7 Å². The fraction of sp³-hybridized carbons (Fsp3) is 0.238. The highest BCUT2D eigenvalue weighted by atomic mass is 16.6. The van der Waals surface area contributed by atoms with Crippen molar-refractivity contribution in [2.45, 2.75) is 26.7 Å². The summed E-state index contributed by atoms with van der Waals surface area (Å²) in [6, 6.07) is 14.8. The van der Waals surface area contributed by atoms with E-state index in [0.717, 1.165) is 5.75 Å². The molecule has 0 saturated carbocycles. The van der Waals surface area contributed by atoms with E-state index < -0.39 is 4.92 Å². The third kappa shape index (κ3) is 4.98. The number of aromatic nitrogens is 2. The van der Waals surface area contributed by atoms with E-state index in [4.69, 9.17) is 4.74 Å². The molecule has 0 atom stereocenters. The van der Waals surface area contributed by atoms with Crippen molar-refractivity contribution in [3.05, 3.63) is 70.5 Å². The van der Waals surface area contributed by atoms with Gasteiger partial charge in [0.1, 0.15) is 12.1 Å². The molecule has 0 radical (unpaired) electrons. The van der Waals surface area contributed by atoms with Gasteiger partial charge in [0.15, 0.2) is 0 Å². The van der Waals surface area contributed by atoms with Gasteiger partial charge in [0.2, 0.25) is 11.6 Å². The summed E-state index contributed by atoms with van der Waals surface area (Å²) in [6.45, 7) is 6.69. The first kappa shape index (κ1) is 20.1. The maximum atomic E-state index is 11.7. The monoisotopic (exact) mass is 393 g/mol. The predicted molar refractivity (Wildman–Crippen MR) is 113 cm³/mol. The van der Waals surface area contributed by atoms with Gasteiger partial charge in [-0.15, -0.1) is 0 Å². The maximum Gasteiger partial charge on any atom is 0.353 e. The lowest BCUT2D eigenvalue weighted by Gasteiger charge is -2.11. The second kappa shape index (κ2) is 9.01. The van der Waals surface area contributed by atoms with Gasteiger partial charge in [-0.05, 0) is 54.8 Å². The standard InChI is InChI=1S/C21H23N5O3/c1-4-29-18-11-9-17(10-12-18)25-21-19(26(27)28)20(22-13-23-21)24-16-7-5-15(6-8-16)14(2)3/h5-14H,4H2,1-3H3,(H2,22,23,24,25). The van der Waals surface area contributed by atoms with Gasteiger partial charge >= 0.3 is 5.69 Å². The van der Waals surface area contributed by atoms with Gasteiger partial charge in [-0.3, -0.25) is 10.1 Å². The Morgan fingerprint density at radius 2 is 1.48 bits per heavy atom. The van der Waals surface area contributed by atoms with E-state index in [9.17, 15) is 10.1 Å². The van der Waals surface area contributed by atoms with Crippen molar-refractivity contribution < 1.29 is 9.66 Å². The number of nitro groups is 1. The molecule has 29 heavy (non-hydrogen) atoms. The minimum absolute atomic E-state index is 0.107. The third-order valence-corrected chi connectivity index (χ3v) is 4.27. The lowest BCUT2D eigenvalue weighted by atomic mass is 10.0. The lowest BCUT2D eigenvalue weighted by Crippen LogP contribution is -2.05. The van der Waals surface area contributed by atoms with Gasteiger partial charge in [0, 0.05) is 11.4 Å². The Balaban J connectivity index is 1.86. The Bertz CT molecular complexity index is 973. The lowest BCUT2D eigenvalue weighted by molar-refractivity contribution is -0.383. The molecule has 3 rings (SSSR count). The number of nitrogens with zero attached hydrogens (tertiary/aromatic N) is 3. The number of hydrogen-bond donors (Lipinski definition) is 2. The number of ether oxygens (including phenoxy) is 1. The summed E-state index contributed by atoms with van der Waals surface area (Å²) in [5, 5.41) is 17.7. The van der Waals surface area contributed by atoms with E-state index in [1.807, 2.05) is 31.2 Å². The second-order valence-corrected chi connectivity index (χ2v) is 6.66. The summed E-state index contributed by atoms with van der Waals surface area (Å²) < 4.78 is 5.41. The summed E-state index contributed by atoms with van der Waals surface area (Å²) >= 11 is 0. The predicted octanol–water partition coefficient (Wildman–Crippen LogP) is 5.39. The van der Waals surface area contributed by atoms with Crippen molar-refractivity contribution >= 4 is 28.7 Å². The zero-order chi connectivity index (χ0) is 20.8. The molecular weight excluding hydrogens is 370 g/mol. The highest BCUT2D eigenvalue weighted by Gasteiger charge is 2.23. The molecule has 2 N–H and O–H groups in total. The maximum absolute atomic E-state index is 11.7. The van der Waals surface area contributed by atoms with Crippen molar-refractivity contribution in [3.63, 3.8) is 0 Å². The molecule has 0 aliphatic rings. The largest absolute Gasteiger partial charge is 0.494 e. The summed E-state index contributed by atoms with van der Waals surface area (Å²) in [6.07, 6.45) is 1.29. The Hall–Kier alpha value is -3.68. The number of hydrogen-bond acceptors (Lipinski definition) is 7. The van der Waals surface area contributed by atoms with E-state index in [2.05, 4.69) is 34.4 Å². The molecule has 150 valence electrons. The Kier molecular flexibility index (Phi) is 6.23. The zero-order valence-electron chi connectivity index (χ0n) is 16.5. The normalized spacial score (nSPS) is 10.6. The SMILES string of the molecule is CCOc1ccc(Nc2ncnc(Nc3ccc(C(C)C)cc3)c2[N+](=O)[O-])cc1. The van der Waals surface area contributed by atoms with Crippen LogP contribution >= 0.6 is 0 Å². The summed E-state index contributed by atoms with van der Waals surface area (Å²) in [4.78, 5) is 19.4. The molecule has 0 amide bonds. The number of rotatable bonds is 8. The van der Waals surface area contributed by atoms with Gasteiger partial charge < -0.3 is 15.4 Å². The van der Waals surface area contributed by atoms with Crippen molar-refractivity contribution in [2.24, 2.45) is 0 Å². The van der Waals surface area contributed by atoms with E-state index in [1.54, 1.807) is 24.3 Å². The van der Waals surface area contributed by atoms with Crippen LogP contribution in [0.1, 0.15) is 32.3 Å². The molecule has 0 aliphatic heterocycles.